The van der Waals surface area contributed by atoms with Crippen LogP contribution < -0.4 is 18.9 Å². The Hall–Kier alpha value is 1.51. The van der Waals surface area contributed by atoms with Crippen molar-refractivity contribution in [3.8, 4) is 0 Å². The summed E-state index contributed by atoms with van der Waals surface area (Å²) in [4.78, 5) is 0. The van der Waals surface area contributed by atoms with Gasteiger partial charge in [-0.3, -0.25) is 0 Å². The van der Waals surface area contributed by atoms with Crippen molar-refractivity contribution in [2.75, 3.05) is 0 Å². The van der Waals surface area contributed by atoms with E-state index in [0.717, 1.165) is 0 Å². The molecule has 0 atom stereocenters. The second-order valence-corrected chi connectivity index (χ2v) is 17.6. The van der Waals surface area contributed by atoms with Gasteiger partial charge in [0, 0.05) is 0 Å². The Balaban J connectivity index is 0. The van der Waals surface area contributed by atoms with E-state index in [2.05, 4.69) is 55.2 Å². The topological polar surface area (TPSA) is 0 Å². The van der Waals surface area contributed by atoms with Gasteiger partial charge in [0.05, 0.1) is 0 Å². The van der Waals surface area contributed by atoms with Crippen LogP contribution in [0.4, 0.5) is 0 Å². The van der Waals surface area contributed by atoms with Gasteiger partial charge in [0.15, 0.2) is 0 Å². The van der Waals surface area contributed by atoms with E-state index < -0.39 is 16.1 Å². The summed E-state index contributed by atoms with van der Waals surface area (Å²) in [6.07, 6.45) is 0. The van der Waals surface area contributed by atoms with Crippen molar-refractivity contribution >= 4 is 32.1 Å². The molecule has 0 aliphatic rings. The molecule has 11 heavy (non-hydrogen) atoms. The van der Waals surface area contributed by atoms with Crippen molar-refractivity contribution in [2.45, 2.75) is 39.3 Å². The molecule has 0 nitrogen and oxygen atoms in total. The summed E-state index contributed by atoms with van der Waals surface area (Å²) in [7, 11) is -2.00. The van der Waals surface area contributed by atoms with Gasteiger partial charge in [-0.15, -0.1) is 0 Å². The Labute approximate surface area is 93.9 Å². The summed E-state index contributed by atoms with van der Waals surface area (Å²) < 4.78 is 1.66. The number of hydrogen-bond acceptors (Lipinski definition) is 0. The average Bonchev–Trinajstić information content (AvgIpc) is 1.59. The molecule has 0 rings (SSSR count). The van der Waals surface area contributed by atoms with Crippen molar-refractivity contribution in [3.63, 3.8) is 0 Å². The third kappa shape index (κ3) is 5.70. The Morgan fingerprint density at radius 2 is 1.00 bits per heavy atom. The zero-order valence-corrected chi connectivity index (χ0v) is 12.5. The van der Waals surface area contributed by atoms with E-state index in [4.69, 9.17) is 0 Å². The second kappa shape index (κ2) is 4.67. The van der Waals surface area contributed by atoms with Crippen LogP contribution in [0.15, 0.2) is 0 Å². The molecule has 0 bridgehead atoms. The third-order valence-electron chi connectivity index (χ3n) is 1.32. The molecule has 0 aromatic heterocycles. The zero-order valence-electron chi connectivity index (χ0n) is 8.88. The Bertz CT molecular complexity index is 101. The van der Waals surface area contributed by atoms with Crippen LogP contribution in [0, 0.1) is 4.07 Å². The first-order valence-electron chi connectivity index (χ1n) is 3.69. The molecule has 0 unspecified atom stereocenters. The van der Waals surface area contributed by atoms with Crippen LogP contribution in [-0.2, 0) is 0 Å². The fourth-order valence-electron chi connectivity index (χ4n) is 1.12. The number of rotatable bonds is 2. The summed E-state index contributed by atoms with van der Waals surface area (Å²) in [6.45, 7) is 14.4. The van der Waals surface area contributed by atoms with E-state index in [-0.39, 0.29) is 18.9 Å². The normalized spacial score (nSPS) is 13.1. The fraction of sp³-hybridized carbons (Fsp3) is 0.857. The van der Waals surface area contributed by atoms with Crippen LogP contribution >= 0.6 is 15.9 Å². The molecule has 0 radical (unpaired) electrons. The summed E-state index contributed by atoms with van der Waals surface area (Å²) in [6, 6.07) is 0. The van der Waals surface area contributed by atoms with Crippen LogP contribution in [-0.4, -0.2) is 16.1 Å². The van der Waals surface area contributed by atoms with Gasteiger partial charge in [-0.1, -0.05) is 55.4 Å². The predicted octanol–water partition coefficient (Wildman–Crippen LogP) is 0.672. The molecule has 0 N–H and O–H groups in total. The molecule has 62 valence electrons. The van der Waals surface area contributed by atoms with Crippen molar-refractivity contribution in [1.29, 1.82) is 0 Å². The molecule has 0 fully saturated rings. The first kappa shape index (κ1) is 15.0. The van der Waals surface area contributed by atoms with Crippen LogP contribution in [0.3, 0.4) is 0 Å². The van der Waals surface area contributed by atoms with Crippen molar-refractivity contribution in [3.05, 3.63) is 4.07 Å². The van der Waals surface area contributed by atoms with Gasteiger partial charge < -0.3 is 15.9 Å². The summed E-state index contributed by atoms with van der Waals surface area (Å²) in [5.41, 5.74) is 0. The second-order valence-electron chi connectivity index (χ2n) is 4.81. The molecule has 0 aliphatic carbocycles. The molecule has 4 heteroatoms. The van der Waals surface area contributed by atoms with Crippen LogP contribution in [0.25, 0.3) is 0 Å². The fourth-order valence-corrected chi connectivity index (χ4v) is 10.1. The van der Waals surface area contributed by atoms with E-state index >= 15 is 0 Å². The van der Waals surface area contributed by atoms with Gasteiger partial charge >= 0.3 is 18.9 Å². The summed E-state index contributed by atoms with van der Waals surface area (Å²) in [5.74, 6) is 0. The van der Waals surface area contributed by atoms with Gasteiger partial charge in [0.1, 0.15) is 0 Å². The van der Waals surface area contributed by atoms with Crippen molar-refractivity contribution in [2.24, 2.45) is 0 Å². The van der Waals surface area contributed by atoms with Crippen molar-refractivity contribution in [1.82, 2.24) is 0 Å². The van der Waals surface area contributed by atoms with Crippen LogP contribution in [0.1, 0.15) is 0 Å². The molecule has 0 aromatic rings. The quantitative estimate of drug-likeness (QED) is 0.495. The maximum Gasteiger partial charge on any atom is 1.00 e. The van der Waals surface area contributed by atoms with Crippen LogP contribution in [0.5, 0.6) is 0 Å². The molecule has 0 spiro atoms. The van der Waals surface area contributed by atoms with Gasteiger partial charge in [-0.25, -0.2) is 4.07 Å². The predicted molar refractivity (Wildman–Crippen MR) is 58.9 cm³/mol. The largest absolute Gasteiger partial charge is 1.00 e. The van der Waals surface area contributed by atoms with E-state index in [1.165, 1.54) is 0 Å². The molecule has 0 aliphatic heterocycles. The Morgan fingerprint density at radius 3 is 1.00 bits per heavy atom. The third-order valence-corrected chi connectivity index (χ3v) is 15.6. The summed E-state index contributed by atoms with van der Waals surface area (Å²) in [5, 5.41) is 0. The van der Waals surface area contributed by atoms with Crippen molar-refractivity contribution < 1.29 is 18.9 Å². The maximum absolute atomic E-state index is 3.76. The first-order chi connectivity index (χ1) is 4.15. The number of halogens is 1. The molecule has 0 amide bonds. The minimum atomic E-state index is -1.00. The SMILES string of the molecule is C[Si](C)(C)[C-](Br)[Si](C)(C)C.[Li+]. The monoisotopic (exact) mass is 244 g/mol. The minimum Gasteiger partial charge on any atom is -0.320 e. The molecule has 0 saturated heterocycles. The first-order valence-corrected chi connectivity index (χ1v) is 11.5. The molecular weight excluding hydrogens is 227 g/mol. The zero-order chi connectivity index (χ0) is 8.58. The van der Waals surface area contributed by atoms with Gasteiger partial charge in [0.2, 0.25) is 0 Å². The molecular formula is C7H18BrLiSi2. The van der Waals surface area contributed by atoms with Gasteiger partial charge in [0.25, 0.3) is 0 Å². The standard InChI is InChI=1S/C7H18BrSi2.Li/c1-9(2,3)7(8)10(4,5)6;/h1-6H3;/q-1;+1. The van der Waals surface area contributed by atoms with E-state index in [1.54, 1.807) is 4.07 Å². The summed E-state index contributed by atoms with van der Waals surface area (Å²) >= 11 is 3.76. The molecule has 0 heterocycles. The molecule has 0 saturated carbocycles. The van der Waals surface area contributed by atoms with Crippen LogP contribution in [0.2, 0.25) is 39.3 Å². The Kier molecular flexibility index (Phi) is 6.36. The van der Waals surface area contributed by atoms with E-state index in [9.17, 15) is 0 Å². The van der Waals surface area contributed by atoms with Gasteiger partial charge in [-0.05, 0) is 0 Å². The molecule has 0 aromatic carbocycles. The Morgan fingerprint density at radius 1 is 0.818 bits per heavy atom. The number of hydrogen-bond donors (Lipinski definition) is 0. The smallest absolute Gasteiger partial charge is 0.320 e. The maximum atomic E-state index is 3.76. The minimum absolute atomic E-state index is 0. The average molecular weight is 245 g/mol. The van der Waals surface area contributed by atoms with E-state index in [0.29, 0.717) is 0 Å². The van der Waals surface area contributed by atoms with Gasteiger partial charge in [-0.2, -0.15) is 0 Å². The van der Waals surface area contributed by atoms with E-state index in [1.807, 2.05) is 0 Å².